The van der Waals surface area contributed by atoms with Crippen molar-refractivity contribution >= 4 is 11.7 Å². The number of halogens is 1. The molecule has 0 bridgehead atoms. The minimum Gasteiger partial charge on any atom is -0.322 e. The van der Waals surface area contributed by atoms with Gasteiger partial charge in [-0.15, -0.1) is 0 Å². The predicted octanol–water partition coefficient (Wildman–Crippen LogP) is 3.93. The fourth-order valence-corrected chi connectivity index (χ4v) is 2.56. The summed E-state index contributed by atoms with van der Waals surface area (Å²) < 4.78 is 13.4. The minimum absolute atomic E-state index is 0.116. The van der Waals surface area contributed by atoms with Gasteiger partial charge in [-0.3, -0.25) is 0 Å². The van der Waals surface area contributed by atoms with Crippen molar-refractivity contribution in [3.8, 4) is 0 Å². The summed E-state index contributed by atoms with van der Waals surface area (Å²) in [6, 6.07) is 4.98. The second-order valence-corrected chi connectivity index (χ2v) is 5.15. The summed E-state index contributed by atoms with van der Waals surface area (Å²) in [5, 5.41) is 2.79. The van der Waals surface area contributed by atoms with E-state index in [1.54, 1.807) is 19.1 Å². The lowest BCUT2D eigenvalue weighted by Gasteiger charge is -2.35. The van der Waals surface area contributed by atoms with Crippen molar-refractivity contribution in [3.05, 3.63) is 29.6 Å². The summed E-state index contributed by atoms with van der Waals surface area (Å²) in [5.74, 6) is -0.288. The maximum atomic E-state index is 13.4. The number of rotatable bonds is 2. The second-order valence-electron chi connectivity index (χ2n) is 5.15. The van der Waals surface area contributed by atoms with Crippen LogP contribution in [0, 0.1) is 12.7 Å². The van der Waals surface area contributed by atoms with Crippen LogP contribution < -0.4 is 5.32 Å². The van der Waals surface area contributed by atoms with Crippen molar-refractivity contribution in [2.45, 2.75) is 45.6 Å². The van der Waals surface area contributed by atoms with Gasteiger partial charge in [-0.25, -0.2) is 9.18 Å². The maximum absolute atomic E-state index is 13.4. The molecule has 1 aliphatic rings. The Hall–Kier alpha value is -1.58. The van der Waals surface area contributed by atoms with Crippen LogP contribution in [0.4, 0.5) is 14.9 Å². The van der Waals surface area contributed by atoms with Crippen LogP contribution >= 0.6 is 0 Å². The molecule has 1 atom stereocenters. The molecule has 2 rings (SSSR count). The van der Waals surface area contributed by atoms with Crippen LogP contribution in [-0.4, -0.2) is 23.5 Å². The number of carbonyl (C=O) groups is 1. The molecule has 1 fully saturated rings. The molecule has 1 N–H and O–H groups in total. The number of anilines is 1. The zero-order valence-corrected chi connectivity index (χ0v) is 11.6. The predicted molar refractivity (Wildman–Crippen MR) is 74.8 cm³/mol. The Kier molecular flexibility index (Phi) is 4.40. The average Bonchev–Trinajstić information content (AvgIpc) is 2.43. The van der Waals surface area contributed by atoms with Gasteiger partial charge in [0.1, 0.15) is 5.82 Å². The molecule has 1 aliphatic heterocycles. The van der Waals surface area contributed by atoms with Gasteiger partial charge in [0.25, 0.3) is 0 Å². The van der Waals surface area contributed by atoms with E-state index in [0.717, 1.165) is 25.8 Å². The first-order valence-corrected chi connectivity index (χ1v) is 6.95. The van der Waals surface area contributed by atoms with Gasteiger partial charge in [-0.05, 0) is 50.3 Å². The molecular weight excluding hydrogens is 243 g/mol. The molecular formula is C15H21FN2O. The van der Waals surface area contributed by atoms with E-state index in [-0.39, 0.29) is 11.8 Å². The van der Waals surface area contributed by atoms with Crippen molar-refractivity contribution in [2.75, 3.05) is 11.9 Å². The van der Waals surface area contributed by atoms with Gasteiger partial charge in [-0.1, -0.05) is 13.0 Å². The minimum atomic E-state index is -0.288. The highest BCUT2D eigenvalue weighted by Gasteiger charge is 2.25. The Morgan fingerprint density at radius 2 is 2.26 bits per heavy atom. The zero-order chi connectivity index (χ0) is 13.8. The van der Waals surface area contributed by atoms with Gasteiger partial charge in [0, 0.05) is 18.3 Å². The number of piperidine rings is 1. The molecule has 0 radical (unpaired) electrons. The van der Waals surface area contributed by atoms with Gasteiger partial charge in [0.05, 0.1) is 0 Å². The van der Waals surface area contributed by atoms with Crippen LogP contribution in [0.1, 0.15) is 38.2 Å². The number of hydrogen-bond acceptors (Lipinski definition) is 1. The third-order valence-corrected chi connectivity index (χ3v) is 3.78. The Morgan fingerprint density at radius 3 is 2.95 bits per heavy atom. The van der Waals surface area contributed by atoms with E-state index in [1.807, 2.05) is 4.90 Å². The lowest BCUT2D eigenvalue weighted by Crippen LogP contribution is -2.45. The van der Waals surface area contributed by atoms with E-state index in [0.29, 0.717) is 17.3 Å². The summed E-state index contributed by atoms with van der Waals surface area (Å²) in [5.41, 5.74) is 1.11. The molecule has 1 saturated heterocycles. The molecule has 3 nitrogen and oxygen atoms in total. The normalized spacial score (nSPS) is 19.3. The Morgan fingerprint density at radius 1 is 1.47 bits per heavy atom. The van der Waals surface area contributed by atoms with Crippen LogP contribution in [0.5, 0.6) is 0 Å². The smallest absolute Gasteiger partial charge is 0.322 e. The molecule has 1 heterocycles. The number of hydrogen-bond donors (Lipinski definition) is 1. The maximum Gasteiger partial charge on any atom is 0.322 e. The topological polar surface area (TPSA) is 32.3 Å². The lowest BCUT2D eigenvalue weighted by molar-refractivity contribution is 0.160. The molecule has 1 unspecified atom stereocenters. The number of nitrogens with one attached hydrogen (secondary N) is 1. The van der Waals surface area contributed by atoms with Crippen molar-refractivity contribution in [1.29, 1.82) is 0 Å². The van der Waals surface area contributed by atoms with Crippen LogP contribution in [0.15, 0.2) is 18.2 Å². The highest BCUT2D eigenvalue weighted by molar-refractivity contribution is 5.89. The number of carbonyl (C=O) groups excluding carboxylic acids is 1. The second kappa shape index (κ2) is 6.04. The molecule has 0 aliphatic carbocycles. The Bertz CT molecular complexity index is 461. The molecule has 0 aromatic heterocycles. The van der Waals surface area contributed by atoms with E-state index in [1.165, 1.54) is 12.5 Å². The molecule has 0 saturated carbocycles. The summed E-state index contributed by atoms with van der Waals surface area (Å²) in [6.45, 7) is 4.60. The van der Waals surface area contributed by atoms with Gasteiger partial charge in [0.2, 0.25) is 0 Å². The SMILES string of the molecule is CCC1CCCCN1C(=O)Nc1ccc(C)c(F)c1. The molecule has 1 aromatic rings. The van der Waals surface area contributed by atoms with Gasteiger partial charge < -0.3 is 10.2 Å². The summed E-state index contributed by atoms with van der Waals surface area (Å²) >= 11 is 0. The summed E-state index contributed by atoms with van der Waals surface area (Å²) in [4.78, 5) is 14.1. The fourth-order valence-electron chi connectivity index (χ4n) is 2.56. The molecule has 1 aromatic carbocycles. The lowest BCUT2D eigenvalue weighted by atomic mass is 10.0. The van der Waals surface area contributed by atoms with Crippen molar-refractivity contribution in [1.82, 2.24) is 4.90 Å². The molecule has 4 heteroatoms. The van der Waals surface area contributed by atoms with E-state index >= 15 is 0 Å². The Labute approximate surface area is 113 Å². The highest BCUT2D eigenvalue weighted by Crippen LogP contribution is 2.21. The molecule has 104 valence electrons. The first-order valence-electron chi connectivity index (χ1n) is 6.95. The van der Waals surface area contributed by atoms with Crippen LogP contribution in [0.25, 0.3) is 0 Å². The third kappa shape index (κ3) is 3.25. The fraction of sp³-hybridized carbons (Fsp3) is 0.533. The number of likely N-dealkylation sites (tertiary alicyclic amines) is 1. The van der Waals surface area contributed by atoms with Crippen LogP contribution in [0.3, 0.4) is 0 Å². The first-order chi connectivity index (χ1) is 9.11. The standard InChI is InChI=1S/C15H21FN2O/c1-3-13-6-4-5-9-18(13)15(19)17-12-8-7-11(2)14(16)10-12/h7-8,10,13H,3-6,9H2,1-2H3,(H,17,19). The van der Waals surface area contributed by atoms with Crippen LogP contribution in [-0.2, 0) is 0 Å². The quantitative estimate of drug-likeness (QED) is 0.862. The van der Waals surface area contributed by atoms with E-state index in [9.17, 15) is 9.18 Å². The first kappa shape index (κ1) is 13.8. The van der Waals surface area contributed by atoms with Crippen LogP contribution in [0.2, 0.25) is 0 Å². The van der Waals surface area contributed by atoms with Crippen molar-refractivity contribution in [3.63, 3.8) is 0 Å². The highest BCUT2D eigenvalue weighted by atomic mass is 19.1. The molecule has 0 spiro atoms. The average molecular weight is 264 g/mol. The number of benzene rings is 1. The largest absolute Gasteiger partial charge is 0.322 e. The number of urea groups is 1. The zero-order valence-electron chi connectivity index (χ0n) is 11.6. The number of amides is 2. The summed E-state index contributed by atoms with van der Waals surface area (Å²) in [6.07, 6.45) is 4.26. The number of nitrogens with zero attached hydrogens (tertiary/aromatic N) is 1. The van der Waals surface area contributed by atoms with Gasteiger partial charge >= 0.3 is 6.03 Å². The monoisotopic (exact) mass is 264 g/mol. The Balaban J connectivity index is 2.05. The molecule has 19 heavy (non-hydrogen) atoms. The van der Waals surface area contributed by atoms with E-state index < -0.39 is 0 Å². The van der Waals surface area contributed by atoms with Crippen molar-refractivity contribution in [2.24, 2.45) is 0 Å². The van der Waals surface area contributed by atoms with Gasteiger partial charge in [0.15, 0.2) is 0 Å². The molecule has 2 amide bonds. The van der Waals surface area contributed by atoms with Gasteiger partial charge in [-0.2, -0.15) is 0 Å². The summed E-state index contributed by atoms with van der Waals surface area (Å²) in [7, 11) is 0. The van der Waals surface area contributed by atoms with Crippen molar-refractivity contribution < 1.29 is 9.18 Å². The third-order valence-electron chi connectivity index (χ3n) is 3.78. The number of aryl methyl sites for hydroxylation is 1. The van der Waals surface area contributed by atoms with E-state index in [4.69, 9.17) is 0 Å². The van der Waals surface area contributed by atoms with E-state index in [2.05, 4.69) is 12.2 Å².